The summed E-state index contributed by atoms with van der Waals surface area (Å²) in [4.78, 5) is 0.290. The predicted molar refractivity (Wildman–Crippen MR) is 88.7 cm³/mol. The fraction of sp³-hybridized carbons (Fsp3) is 0.250. The largest absolute Gasteiger partial charge is 0.244 e. The van der Waals surface area contributed by atoms with Gasteiger partial charge in [0.25, 0.3) is 0 Å². The van der Waals surface area contributed by atoms with Crippen LogP contribution in [0.1, 0.15) is 24.1 Å². The van der Waals surface area contributed by atoms with Gasteiger partial charge < -0.3 is 0 Å². The number of halogens is 1. The highest BCUT2D eigenvalue weighted by molar-refractivity contribution is 9.10. The van der Waals surface area contributed by atoms with Crippen molar-refractivity contribution >= 4 is 26.0 Å². The van der Waals surface area contributed by atoms with Crippen molar-refractivity contribution in [3.63, 3.8) is 0 Å². The summed E-state index contributed by atoms with van der Waals surface area (Å²) in [6.45, 7) is 3.81. The molecule has 0 amide bonds. The number of benzene rings is 2. The molecule has 1 unspecified atom stereocenters. The lowest BCUT2D eigenvalue weighted by atomic mass is 10.1. The SMILES string of the molecule is Cc1ccc(S(=O)(=O)N(C)C(C)c2ccccc2)c(Br)c1. The van der Waals surface area contributed by atoms with Gasteiger partial charge in [-0.3, -0.25) is 0 Å². The lowest BCUT2D eigenvalue weighted by molar-refractivity contribution is 0.398. The predicted octanol–water partition coefficient (Wildman–Crippen LogP) is 4.14. The molecule has 2 aromatic rings. The molecular weight excluding hydrogens is 350 g/mol. The molecule has 0 heterocycles. The van der Waals surface area contributed by atoms with Crippen molar-refractivity contribution in [3.8, 4) is 0 Å². The summed E-state index contributed by atoms with van der Waals surface area (Å²) in [7, 11) is -1.94. The zero-order valence-electron chi connectivity index (χ0n) is 12.2. The van der Waals surface area contributed by atoms with Crippen molar-refractivity contribution in [2.24, 2.45) is 0 Å². The van der Waals surface area contributed by atoms with Crippen molar-refractivity contribution in [1.29, 1.82) is 0 Å². The molecule has 0 aliphatic carbocycles. The van der Waals surface area contributed by atoms with Gasteiger partial charge in [0.2, 0.25) is 10.0 Å². The number of hydrogen-bond donors (Lipinski definition) is 0. The fourth-order valence-corrected chi connectivity index (χ4v) is 4.62. The third-order valence-electron chi connectivity index (χ3n) is 3.57. The smallest absolute Gasteiger partial charge is 0.207 e. The van der Waals surface area contributed by atoms with Gasteiger partial charge in [0.05, 0.1) is 4.90 Å². The summed E-state index contributed by atoms with van der Waals surface area (Å²) in [5, 5.41) is 0. The van der Waals surface area contributed by atoms with Crippen LogP contribution >= 0.6 is 15.9 Å². The van der Waals surface area contributed by atoms with Crippen molar-refractivity contribution in [1.82, 2.24) is 4.31 Å². The normalized spacial score (nSPS) is 13.4. The van der Waals surface area contributed by atoms with E-state index < -0.39 is 10.0 Å². The van der Waals surface area contributed by atoms with E-state index >= 15 is 0 Å². The number of nitrogens with zero attached hydrogens (tertiary/aromatic N) is 1. The highest BCUT2D eigenvalue weighted by Gasteiger charge is 2.27. The Morgan fingerprint density at radius 3 is 2.29 bits per heavy atom. The standard InChI is InChI=1S/C16H18BrNO2S/c1-12-9-10-16(15(17)11-12)21(19,20)18(3)13(2)14-7-5-4-6-8-14/h4-11,13H,1-3H3. The topological polar surface area (TPSA) is 37.4 Å². The maximum Gasteiger partial charge on any atom is 0.244 e. The van der Waals surface area contributed by atoms with Crippen LogP contribution in [-0.2, 0) is 10.0 Å². The molecule has 3 nitrogen and oxygen atoms in total. The Morgan fingerprint density at radius 1 is 1.10 bits per heavy atom. The van der Waals surface area contributed by atoms with Crippen molar-refractivity contribution in [2.45, 2.75) is 24.8 Å². The summed E-state index contributed by atoms with van der Waals surface area (Å²) in [6.07, 6.45) is 0. The maximum atomic E-state index is 12.8. The van der Waals surface area contributed by atoms with Crippen LogP contribution in [0.4, 0.5) is 0 Å². The quantitative estimate of drug-likeness (QED) is 0.814. The van der Waals surface area contributed by atoms with Crippen LogP contribution in [0.2, 0.25) is 0 Å². The van der Waals surface area contributed by atoms with E-state index in [0.717, 1.165) is 11.1 Å². The summed E-state index contributed by atoms with van der Waals surface area (Å²) in [6, 6.07) is 14.6. The van der Waals surface area contributed by atoms with E-state index in [1.807, 2.05) is 50.2 Å². The first-order valence-corrected chi connectivity index (χ1v) is 8.86. The van der Waals surface area contributed by atoms with E-state index in [-0.39, 0.29) is 6.04 Å². The van der Waals surface area contributed by atoms with Crippen LogP contribution in [-0.4, -0.2) is 19.8 Å². The van der Waals surface area contributed by atoms with Gasteiger partial charge in [0.1, 0.15) is 0 Å². The molecule has 0 bridgehead atoms. The summed E-state index contributed by atoms with van der Waals surface area (Å²) < 4.78 is 27.5. The molecule has 0 saturated carbocycles. The molecule has 1 atom stereocenters. The third kappa shape index (κ3) is 3.36. The summed E-state index contributed by atoms with van der Waals surface area (Å²) >= 11 is 3.35. The second-order valence-electron chi connectivity index (χ2n) is 5.04. The van der Waals surface area contributed by atoms with E-state index in [2.05, 4.69) is 15.9 Å². The van der Waals surface area contributed by atoms with Crippen molar-refractivity contribution < 1.29 is 8.42 Å². The number of rotatable bonds is 4. The first kappa shape index (κ1) is 16.2. The Labute approximate surface area is 134 Å². The first-order valence-electron chi connectivity index (χ1n) is 6.63. The van der Waals surface area contributed by atoms with Gasteiger partial charge in [0, 0.05) is 17.6 Å². The highest BCUT2D eigenvalue weighted by Crippen LogP contribution is 2.30. The zero-order chi connectivity index (χ0) is 15.6. The van der Waals surface area contributed by atoms with Gasteiger partial charge in [-0.15, -0.1) is 0 Å². The molecule has 0 N–H and O–H groups in total. The zero-order valence-corrected chi connectivity index (χ0v) is 14.6. The Bertz CT molecular complexity index is 729. The molecule has 0 aromatic heterocycles. The highest BCUT2D eigenvalue weighted by atomic mass is 79.9. The molecule has 0 aliphatic heterocycles. The summed E-state index contributed by atoms with van der Waals surface area (Å²) in [5.74, 6) is 0. The van der Waals surface area contributed by atoms with Gasteiger partial charge >= 0.3 is 0 Å². The van der Waals surface area contributed by atoms with Crippen LogP contribution in [0.25, 0.3) is 0 Å². The minimum Gasteiger partial charge on any atom is -0.207 e. The molecule has 2 aromatic carbocycles. The average molecular weight is 368 g/mol. The van der Waals surface area contributed by atoms with Crippen molar-refractivity contribution in [3.05, 3.63) is 64.1 Å². The first-order chi connectivity index (χ1) is 9.84. The lowest BCUT2D eigenvalue weighted by Gasteiger charge is -2.25. The fourth-order valence-electron chi connectivity index (χ4n) is 2.12. The van der Waals surface area contributed by atoms with Gasteiger partial charge in [-0.1, -0.05) is 36.4 Å². The molecule has 21 heavy (non-hydrogen) atoms. The monoisotopic (exact) mass is 367 g/mol. The molecule has 0 spiro atoms. The molecular formula is C16H18BrNO2S. The minimum atomic E-state index is -3.55. The van der Waals surface area contributed by atoms with Crippen LogP contribution < -0.4 is 0 Å². The van der Waals surface area contributed by atoms with Crippen molar-refractivity contribution in [2.75, 3.05) is 7.05 Å². The molecule has 112 valence electrons. The third-order valence-corrected chi connectivity index (χ3v) is 6.48. The van der Waals surface area contributed by atoms with Crippen LogP contribution in [0, 0.1) is 6.92 Å². The summed E-state index contributed by atoms with van der Waals surface area (Å²) in [5.41, 5.74) is 1.98. The second-order valence-corrected chi connectivity index (χ2v) is 7.86. The Morgan fingerprint density at radius 2 is 1.71 bits per heavy atom. The molecule has 0 aliphatic rings. The molecule has 0 fully saturated rings. The minimum absolute atomic E-state index is 0.232. The molecule has 5 heteroatoms. The molecule has 0 saturated heterocycles. The Balaban J connectivity index is 2.39. The van der Waals surface area contributed by atoms with E-state index in [1.54, 1.807) is 19.2 Å². The number of aryl methyl sites for hydroxylation is 1. The van der Waals surface area contributed by atoms with Gasteiger partial charge in [-0.2, -0.15) is 4.31 Å². The van der Waals surface area contributed by atoms with Gasteiger partial charge in [-0.05, 0) is 53.0 Å². The van der Waals surface area contributed by atoms with E-state index in [9.17, 15) is 8.42 Å². The van der Waals surface area contributed by atoms with Crippen LogP contribution in [0.15, 0.2) is 57.9 Å². The van der Waals surface area contributed by atoms with Gasteiger partial charge in [0.15, 0.2) is 0 Å². The number of sulfonamides is 1. The van der Waals surface area contributed by atoms with E-state index in [4.69, 9.17) is 0 Å². The molecule has 2 rings (SSSR count). The lowest BCUT2D eigenvalue weighted by Crippen LogP contribution is -2.30. The van der Waals surface area contributed by atoms with Crippen LogP contribution in [0.5, 0.6) is 0 Å². The Hall–Kier alpha value is -1.17. The van der Waals surface area contributed by atoms with Crippen LogP contribution in [0.3, 0.4) is 0 Å². The Kier molecular flexibility index (Phi) is 4.86. The van der Waals surface area contributed by atoms with E-state index in [1.165, 1.54) is 4.31 Å². The van der Waals surface area contributed by atoms with E-state index in [0.29, 0.717) is 9.37 Å². The number of hydrogen-bond acceptors (Lipinski definition) is 2. The second kappa shape index (κ2) is 6.30. The maximum absolute atomic E-state index is 12.8. The van der Waals surface area contributed by atoms with Gasteiger partial charge in [-0.25, -0.2) is 8.42 Å². The molecule has 0 radical (unpaired) electrons. The average Bonchev–Trinajstić information content (AvgIpc) is 2.46.